The molecule has 0 aliphatic carbocycles. The number of rotatable bonds is 7. The molecule has 0 aliphatic heterocycles. The molecule has 8 heteroatoms. The number of benzene rings is 1. The third kappa shape index (κ3) is 4.16. The second kappa shape index (κ2) is 7.01. The second-order valence-corrected chi connectivity index (χ2v) is 6.66. The van der Waals surface area contributed by atoms with E-state index in [0.29, 0.717) is 19.3 Å². The summed E-state index contributed by atoms with van der Waals surface area (Å²) in [6.07, 6.45) is 1.29. The van der Waals surface area contributed by atoms with Gasteiger partial charge in [-0.2, -0.15) is 0 Å². The molecule has 0 saturated carbocycles. The van der Waals surface area contributed by atoms with Crippen LogP contribution in [0.3, 0.4) is 0 Å². The summed E-state index contributed by atoms with van der Waals surface area (Å²) in [6.45, 7) is -0.0290. The lowest BCUT2D eigenvalue weighted by Gasteiger charge is -2.07. The summed E-state index contributed by atoms with van der Waals surface area (Å²) < 4.78 is 37.4. The smallest absolute Gasteiger partial charge is 0.337 e. The van der Waals surface area contributed by atoms with Crippen molar-refractivity contribution in [2.75, 3.05) is 12.4 Å². The number of halogens is 2. The molecule has 0 fully saturated rings. The monoisotopic (exact) mass is 324 g/mol. The van der Waals surface area contributed by atoms with Crippen LogP contribution in [0.5, 0.6) is 0 Å². The van der Waals surface area contributed by atoms with Gasteiger partial charge >= 0.3 is 5.97 Å². The topological polar surface area (TPSA) is 91.7 Å². The number of hydrogen-bond acceptors (Lipinski definition) is 4. The summed E-state index contributed by atoms with van der Waals surface area (Å²) in [5.41, 5.74) is -0.583. The van der Waals surface area contributed by atoms with Gasteiger partial charge in [0.2, 0.25) is 0 Å². The van der Waals surface area contributed by atoms with Gasteiger partial charge in [0.1, 0.15) is 5.82 Å². The van der Waals surface area contributed by atoms with Crippen LogP contribution in [0.4, 0.5) is 4.39 Å². The molecule has 0 atom stereocenters. The highest BCUT2D eigenvalue weighted by molar-refractivity contribution is 7.91. The SMILES string of the molecule is O=C(O)c1cc(S(=O)(=O)CCCCCO)cc(F)c1Cl. The fraction of sp³-hybridized carbons (Fsp3) is 0.417. The van der Waals surface area contributed by atoms with Gasteiger partial charge in [-0.05, 0) is 25.0 Å². The van der Waals surface area contributed by atoms with Gasteiger partial charge in [-0.25, -0.2) is 17.6 Å². The number of unbranched alkanes of at least 4 members (excludes halogenated alkanes) is 2. The number of carbonyl (C=O) groups is 1. The van der Waals surface area contributed by atoms with Crippen LogP contribution in [0.15, 0.2) is 17.0 Å². The van der Waals surface area contributed by atoms with Crippen LogP contribution in [-0.4, -0.2) is 37.0 Å². The van der Waals surface area contributed by atoms with Crippen LogP contribution in [0.25, 0.3) is 0 Å². The maximum absolute atomic E-state index is 13.5. The Morgan fingerprint density at radius 1 is 1.25 bits per heavy atom. The zero-order chi connectivity index (χ0) is 15.3. The van der Waals surface area contributed by atoms with Gasteiger partial charge in [0.05, 0.1) is 21.2 Å². The predicted molar refractivity (Wildman–Crippen MR) is 71.4 cm³/mol. The standard InChI is InChI=1S/C12H14ClFO5S/c13-11-9(12(16)17)6-8(7-10(11)14)20(18,19)5-3-1-2-4-15/h6-7,15H,1-5H2,(H,16,17). The van der Waals surface area contributed by atoms with E-state index < -0.39 is 37.1 Å². The lowest BCUT2D eigenvalue weighted by Crippen LogP contribution is -2.10. The molecule has 5 nitrogen and oxygen atoms in total. The molecule has 2 N–H and O–H groups in total. The molecule has 1 aromatic carbocycles. The zero-order valence-corrected chi connectivity index (χ0v) is 12.0. The van der Waals surface area contributed by atoms with E-state index in [2.05, 4.69) is 0 Å². The molecule has 0 aromatic heterocycles. The highest BCUT2D eigenvalue weighted by Gasteiger charge is 2.21. The lowest BCUT2D eigenvalue weighted by molar-refractivity contribution is 0.0696. The molecule has 112 valence electrons. The normalized spacial score (nSPS) is 11.6. The minimum absolute atomic E-state index is 0.0290. The summed E-state index contributed by atoms with van der Waals surface area (Å²) in [5.74, 6) is -2.82. The van der Waals surface area contributed by atoms with Crippen molar-refractivity contribution in [2.24, 2.45) is 0 Å². The Morgan fingerprint density at radius 3 is 2.45 bits per heavy atom. The molecule has 0 amide bonds. The molecular weight excluding hydrogens is 311 g/mol. The number of sulfone groups is 1. The molecule has 1 rings (SSSR count). The molecule has 0 spiro atoms. The Bertz CT molecular complexity index is 600. The van der Waals surface area contributed by atoms with E-state index in [1.807, 2.05) is 0 Å². The van der Waals surface area contributed by atoms with E-state index in [9.17, 15) is 17.6 Å². The summed E-state index contributed by atoms with van der Waals surface area (Å²) in [7, 11) is -3.78. The van der Waals surface area contributed by atoms with Gasteiger partial charge in [-0.3, -0.25) is 0 Å². The largest absolute Gasteiger partial charge is 0.478 e. The van der Waals surface area contributed by atoms with Gasteiger partial charge in [0.25, 0.3) is 0 Å². The lowest BCUT2D eigenvalue weighted by atomic mass is 10.2. The van der Waals surface area contributed by atoms with Crippen LogP contribution in [0.2, 0.25) is 5.02 Å². The highest BCUT2D eigenvalue weighted by Crippen LogP contribution is 2.25. The Hall–Kier alpha value is -1.18. The van der Waals surface area contributed by atoms with Crippen molar-refractivity contribution in [3.8, 4) is 0 Å². The zero-order valence-electron chi connectivity index (χ0n) is 10.5. The third-order valence-electron chi connectivity index (χ3n) is 2.66. The molecule has 0 heterocycles. The first-order chi connectivity index (χ1) is 9.29. The van der Waals surface area contributed by atoms with E-state index in [1.54, 1.807) is 0 Å². The van der Waals surface area contributed by atoms with E-state index >= 15 is 0 Å². The number of carboxylic acid groups (broad SMARTS) is 1. The van der Waals surface area contributed by atoms with Gasteiger partial charge in [-0.15, -0.1) is 0 Å². The Kier molecular flexibility index (Phi) is 5.91. The van der Waals surface area contributed by atoms with Crippen LogP contribution >= 0.6 is 11.6 Å². The molecule has 0 unspecified atom stereocenters. The first-order valence-corrected chi connectivity index (χ1v) is 7.88. The first kappa shape index (κ1) is 16.9. The molecule has 0 bridgehead atoms. The molecule has 0 saturated heterocycles. The fourth-order valence-electron chi connectivity index (χ4n) is 1.60. The van der Waals surface area contributed by atoms with Gasteiger partial charge in [0, 0.05) is 6.61 Å². The number of carboxylic acids is 1. The average Bonchev–Trinajstić information content (AvgIpc) is 2.37. The van der Waals surface area contributed by atoms with Crippen LogP contribution < -0.4 is 0 Å². The third-order valence-corrected chi connectivity index (χ3v) is 4.83. The fourth-order valence-corrected chi connectivity index (χ4v) is 3.19. The Balaban J connectivity index is 3.04. The highest BCUT2D eigenvalue weighted by atomic mass is 35.5. The summed E-state index contributed by atoms with van der Waals surface area (Å²) in [4.78, 5) is 10.5. The molecule has 1 aromatic rings. The van der Waals surface area contributed by atoms with E-state index in [1.165, 1.54) is 0 Å². The van der Waals surface area contributed by atoms with Crippen molar-refractivity contribution in [1.82, 2.24) is 0 Å². The summed E-state index contributed by atoms with van der Waals surface area (Å²) in [6, 6.07) is 1.57. The van der Waals surface area contributed by atoms with Crippen molar-refractivity contribution in [2.45, 2.75) is 24.2 Å². The van der Waals surface area contributed by atoms with Crippen LogP contribution in [-0.2, 0) is 9.84 Å². The van der Waals surface area contributed by atoms with Crippen molar-refractivity contribution < 1.29 is 27.8 Å². The van der Waals surface area contributed by atoms with Crippen LogP contribution in [0, 0.1) is 5.82 Å². The molecular formula is C12H14ClFO5S. The Morgan fingerprint density at radius 2 is 1.90 bits per heavy atom. The van der Waals surface area contributed by atoms with E-state index in [4.69, 9.17) is 21.8 Å². The van der Waals surface area contributed by atoms with Crippen molar-refractivity contribution in [3.63, 3.8) is 0 Å². The van der Waals surface area contributed by atoms with Crippen molar-refractivity contribution in [3.05, 3.63) is 28.5 Å². The van der Waals surface area contributed by atoms with Crippen molar-refractivity contribution in [1.29, 1.82) is 0 Å². The average molecular weight is 325 g/mol. The van der Waals surface area contributed by atoms with Crippen LogP contribution in [0.1, 0.15) is 29.6 Å². The minimum atomic E-state index is -3.78. The molecule has 0 radical (unpaired) electrons. The molecule has 0 aliphatic rings. The van der Waals surface area contributed by atoms with E-state index in [0.717, 1.165) is 12.1 Å². The first-order valence-electron chi connectivity index (χ1n) is 5.85. The summed E-state index contributed by atoms with van der Waals surface area (Å²) in [5, 5.41) is 16.8. The predicted octanol–water partition coefficient (Wildman–Crippen LogP) is 2.11. The van der Waals surface area contributed by atoms with Crippen molar-refractivity contribution >= 4 is 27.4 Å². The molecule has 20 heavy (non-hydrogen) atoms. The number of aliphatic hydroxyl groups is 1. The van der Waals surface area contributed by atoms with Gasteiger partial charge in [0.15, 0.2) is 9.84 Å². The second-order valence-electron chi connectivity index (χ2n) is 4.17. The summed E-state index contributed by atoms with van der Waals surface area (Å²) >= 11 is 5.48. The van der Waals surface area contributed by atoms with E-state index in [-0.39, 0.29) is 12.4 Å². The number of hydrogen-bond donors (Lipinski definition) is 2. The quantitative estimate of drug-likeness (QED) is 0.749. The number of aromatic carboxylic acids is 1. The van der Waals surface area contributed by atoms with Gasteiger partial charge < -0.3 is 10.2 Å². The number of aliphatic hydroxyl groups excluding tert-OH is 1. The minimum Gasteiger partial charge on any atom is -0.478 e. The van der Waals surface area contributed by atoms with Gasteiger partial charge in [-0.1, -0.05) is 18.0 Å². The maximum atomic E-state index is 13.5. The maximum Gasteiger partial charge on any atom is 0.337 e. The Labute approximate surface area is 120 Å².